The van der Waals surface area contributed by atoms with Crippen molar-refractivity contribution in [3.05, 3.63) is 82.1 Å². The van der Waals surface area contributed by atoms with Crippen molar-refractivity contribution in [1.82, 2.24) is 20.2 Å². The number of aromatic nitrogens is 2. The van der Waals surface area contributed by atoms with Crippen LogP contribution in [0.5, 0.6) is 23.0 Å². The van der Waals surface area contributed by atoms with Gasteiger partial charge in [0.25, 0.3) is 5.56 Å². The first-order valence-corrected chi connectivity index (χ1v) is 16.2. The zero-order valence-corrected chi connectivity index (χ0v) is 26.8. The van der Waals surface area contributed by atoms with Crippen molar-refractivity contribution in [2.75, 3.05) is 33.3 Å². The van der Waals surface area contributed by atoms with Crippen molar-refractivity contribution < 1.29 is 28.5 Å². The number of nitrogens with zero attached hydrogens (tertiary/aromatic N) is 2. The van der Waals surface area contributed by atoms with E-state index in [9.17, 15) is 14.4 Å². The molecule has 11 nitrogen and oxygen atoms in total. The quantitative estimate of drug-likeness (QED) is 0.103. The Morgan fingerprint density at radius 2 is 1.67 bits per heavy atom. The standard InChI is InChI=1S/C34H38N4O7S/c1-42-27-13-12-23(17-28(27)43-2)14-15-35-31(39)11-7-4-8-16-38-33(41)25-18-29-30(45-22-44-29)19-26(25)37-34(38)46-21-32(40)36-20-24-9-5-3-6-10-24/h3,5-6,9-10,12-13,17-19H,4,7-8,11,14-16,20-22H2,1-2H3,(H,35,39)(H,36,40). The predicted octanol–water partition coefficient (Wildman–Crippen LogP) is 4.47. The Bertz CT molecular complexity index is 1730. The Kier molecular flexibility index (Phi) is 11.4. The van der Waals surface area contributed by atoms with Crippen LogP contribution in [0.3, 0.4) is 0 Å². The molecule has 1 aromatic heterocycles. The van der Waals surface area contributed by atoms with Gasteiger partial charge in [0.05, 0.1) is 30.9 Å². The number of thioether (sulfide) groups is 1. The zero-order valence-electron chi connectivity index (χ0n) is 26.0. The molecule has 0 radical (unpaired) electrons. The summed E-state index contributed by atoms with van der Waals surface area (Å²) in [6.45, 7) is 1.44. The van der Waals surface area contributed by atoms with E-state index in [-0.39, 0.29) is 29.9 Å². The van der Waals surface area contributed by atoms with Gasteiger partial charge in [0.1, 0.15) is 0 Å². The highest BCUT2D eigenvalue weighted by molar-refractivity contribution is 7.99. The first-order valence-electron chi connectivity index (χ1n) is 15.2. The maximum Gasteiger partial charge on any atom is 0.262 e. The molecule has 2 N–H and O–H groups in total. The van der Waals surface area contributed by atoms with Crippen molar-refractivity contribution >= 4 is 34.5 Å². The molecule has 242 valence electrons. The Balaban J connectivity index is 1.14. The lowest BCUT2D eigenvalue weighted by molar-refractivity contribution is -0.121. The average Bonchev–Trinajstić information content (AvgIpc) is 3.54. The van der Waals surface area contributed by atoms with Gasteiger partial charge in [-0.25, -0.2) is 4.98 Å². The molecular formula is C34H38N4O7S. The number of fused-ring (bicyclic) bond motifs is 2. The number of rotatable bonds is 16. The van der Waals surface area contributed by atoms with Crippen LogP contribution in [0.4, 0.5) is 0 Å². The molecule has 12 heteroatoms. The summed E-state index contributed by atoms with van der Waals surface area (Å²) in [4.78, 5) is 43.5. The molecule has 2 amide bonds. The number of hydrogen-bond acceptors (Lipinski definition) is 9. The first kappa shape index (κ1) is 32.7. The van der Waals surface area contributed by atoms with Crippen molar-refractivity contribution in [2.45, 2.75) is 50.4 Å². The van der Waals surface area contributed by atoms with Gasteiger partial charge in [-0.2, -0.15) is 0 Å². The molecule has 0 spiro atoms. The maximum atomic E-state index is 13.6. The monoisotopic (exact) mass is 646 g/mol. The van der Waals surface area contributed by atoms with Crippen LogP contribution in [-0.2, 0) is 29.1 Å². The summed E-state index contributed by atoms with van der Waals surface area (Å²) in [5, 5.41) is 6.78. The van der Waals surface area contributed by atoms with Crippen LogP contribution in [0.15, 0.2) is 70.6 Å². The molecule has 0 bridgehead atoms. The molecule has 4 aromatic rings. The van der Waals surface area contributed by atoms with Gasteiger partial charge in [-0.05, 0) is 48.6 Å². The molecule has 0 aliphatic carbocycles. The third-order valence-corrected chi connectivity index (χ3v) is 8.52. The Morgan fingerprint density at radius 3 is 2.46 bits per heavy atom. The molecule has 1 aliphatic heterocycles. The molecule has 0 atom stereocenters. The van der Waals surface area contributed by atoms with Gasteiger partial charge in [0, 0.05) is 32.1 Å². The molecule has 46 heavy (non-hydrogen) atoms. The van der Waals surface area contributed by atoms with Gasteiger partial charge in [0.2, 0.25) is 18.6 Å². The number of ether oxygens (including phenoxy) is 4. The number of benzene rings is 3. The Labute approximate surface area is 271 Å². The van der Waals surface area contributed by atoms with Crippen LogP contribution in [0.25, 0.3) is 10.9 Å². The number of methoxy groups -OCH3 is 2. The highest BCUT2D eigenvalue weighted by Crippen LogP contribution is 2.35. The number of amides is 2. The summed E-state index contributed by atoms with van der Waals surface area (Å²) < 4.78 is 23.2. The minimum absolute atomic E-state index is 0.0150. The minimum atomic E-state index is -0.205. The summed E-state index contributed by atoms with van der Waals surface area (Å²) in [7, 11) is 3.19. The molecule has 1 aliphatic rings. The summed E-state index contributed by atoms with van der Waals surface area (Å²) in [6.07, 6.45) is 3.17. The lowest BCUT2D eigenvalue weighted by Gasteiger charge is -2.14. The number of hydrogen-bond donors (Lipinski definition) is 2. The topological polar surface area (TPSA) is 130 Å². The van der Waals surface area contributed by atoms with Crippen LogP contribution in [-0.4, -0.2) is 54.7 Å². The lowest BCUT2D eigenvalue weighted by Crippen LogP contribution is -2.27. The molecule has 5 rings (SSSR count). The van der Waals surface area contributed by atoms with Crippen LogP contribution in [0.1, 0.15) is 36.8 Å². The van der Waals surface area contributed by atoms with E-state index < -0.39 is 0 Å². The third-order valence-electron chi connectivity index (χ3n) is 7.55. The van der Waals surface area contributed by atoms with E-state index in [1.165, 1.54) is 11.8 Å². The molecule has 0 saturated carbocycles. The van der Waals surface area contributed by atoms with E-state index in [4.69, 9.17) is 23.9 Å². The second-order valence-corrected chi connectivity index (χ2v) is 11.7. The lowest BCUT2D eigenvalue weighted by atomic mass is 10.1. The summed E-state index contributed by atoms with van der Waals surface area (Å²) in [5.74, 6) is 2.31. The molecule has 0 unspecified atom stereocenters. The fourth-order valence-electron chi connectivity index (χ4n) is 5.08. The summed E-state index contributed by atoms with van der Waals surface area (Å²) in [6, 6.07) is 18.8. The molecule has 0 saturated heterocycles. The van der Waals surface area contributed by atoms with Gasteiger partial charge in [0.15, 0.2) is 28.2 Å². The average molecular weight is 647 g/mol. The normalized spacial score (nSPS) is 11.8. The number of nitrogens with one attached hydrogen (secondary N) is 2. The number of unbranched alkanes of at least 4 members (excludes halogenated alkanes) is 2. The SMILES string of the molecule is COc1ccc(CCNC(=O)CCCCCn2c(SCC(=O)NCc3ccccc3)nc3cc4c(cc3c2=O)OCO4)cc1OC. The van der Waals surface area contributed by atoms with E-state index >= 15 is 0 Å². The summed E-state index contributed by atoms with van der Waals surface area (Å²) in [5.41, 5.74) is 2.33. The second-order valence-electron chi connectivity index (χ2n) is 10.7. The minimum Gasteiger partial charge on any atom is -0.493 e. The van der Waals surface area contributed by atoms with Crippen molar-refractivity contribution in [3.63, 3.8) is 0 Å². The van der Waals surface area contributed by atoms with E-state index in [1.54, 1.807) is 30.9 Å². The van der Waals surface area contributed by atoms with E-state index in [0.717, 1.165) is 17.5 Å². The molecule has 2 heterocycles. The first-order chi connectivity index (χ1) is 22.4. The molecular weight excluding hydrogens is 608 g/mol. The zero-order chi connectivity index (χ0) is 32.3. The van der Waals surface area contributed by atoms with Crippen LogP contribution >= 0.6 is 11.8 Å². The number of carbonyl (C=O) groups is 2. The third kappa shape index (κ3) is 8.51. The predicted molar refractivity (Wildman–Crippen MR) is 176 cm³/mol. The van der Waals surface area contributed by atoms with E-state index in [1.807, 2.05) is 48.5 Å². The smallest absolute Gasteiger partial charge is 0.262 e. The van der Waals surface area contributed by atoms with Gasteiger partial charge in [-0.15, -0.1) is 0 Å². The fraction of sp³-hybridized carbons (Fsp3) is 0.353. The van der Waals surface area contributed by atoms with Gasteiger partial charge < -0.3 is 29.6 Å². The van der Waals surface area contributed by atoms with Gasteiger partial charge in [-0.1, -0.05) is 54.6 Å². The second kappa shape index (κ2) is 16.0. The van der Waals surface area contributed by atoms with Crippen LogP contribution < -0.4 is 35.1 Å². The highest BCUT2D eigenvalue weighted by atomic mass is 32.2. The van der Waals surface area contributed by atoms with Crippen molar-refractivity contribution in [1.29, 1.82) is 0 Å². The molecule has 0 fully saturated rings. The van der Waals surface area contributed by atoms with Crippen molar-refractivity contribution in [2.24, 2.45) is 0 Å². The van der Waals surface area contributed by atoms with Crippen LogP contribution in [0, 0.1) is 0 Å². The highest BCUT2D eigenvalue weighted by Gasteiger charge is 2.20. The Hall–Kier alpha value is -4.71. The summed E-state index contributed by atoms with van der Waals surface area (Å²) >= 11 is 1.22. The Morgan fingerprint density at radius 1 is 0.891 bits per heavy atom. The van der Waals surface area contributed by atoms with Crippen molar-refractivity contribution in [3.8, 4) is 23.0 Å². The van der Waals surface area contributed by atoms with E-state index in [0.29, 0.717) is 84.4 Å². The van der Waals surface area contributed by atoms with Crippen LogP contribution in [0.2, 0.25) is 0 Å². The number of carbonyl (C=O) groups excluding carboxylic acids is 2. The molecule has 3 aromatic carbocycles. The van der Waals surface area contributed by atoms with Gasteiger partial charge in [-0.3, -0.25) is 19.0 Å². The maximum absolute atomic E-state index is 13.6. The van der Waals surface area contributed by atoms with Gasteiger partial charge >= 0.3 is 0 Å². The fourth-order valence-corrected chi connectivity index (χ4v) is 5.93. The van der Waals surface area contributed by atoms with E-state index in [2.05, 4.69) is 10.6 Å². The largest absolute Gasteiger partial charge is 0.493 e.